The largest absolute Gasteiger partial charge is 0.478 e. The van der Waals surface area contributed by atoms with Gasteiger partial charge in [0.05, 0.1) is 5.56 Å². The third-order valence-electron chi connectivity index (χ3n) is 3.97. The van der Waals surface area contributed by atoms with E-state index in [4.69, 9.17) is 0 Å². The summed E-state index contributed by atoms with van der Waals surface area (Å²) in [6, 6.07) is 15.7. The maximum absolute atomic E-state index is 11.2. The van der Waals surface area contributed by atoms with Crippen molar-refractivity contribution in [1.82, 2.24) is 4.57 Å². The molecular formula is C18H13NO2. The zero-order valence-corrected chi connectivity index (χ0v) is 11.3. The average molecular weight is 275 g/mol. The highest BCUT2D eigenvalue weighted by molar-refractivity contribution is 5.96. The van der Waals surface area contributed by atoms with Crippen LogP contribution in [0.2, 0.25) is 0 Å². The molecule has 102 valence electrons. The normalized spacial score (nSPS) is 12.8. The van der Waals surface area contributed by atoms with Crippen LogP contribution >= 0.6 is 0 Å². The van der Waals surface area contributed by atoms with Crippen LogP contribution in [0.15, 0.2) is 54.6 Å². The summed E-state index contributed by atoms with van der Waals surface area (Å²) in [7, 11) is 0. The van der Waals surface area contributed by atoms with E-state index < -0.39 is 5.97 Å². The van der Waals surface area contributed by atoms with Gasteiger partial charge in [0.1, 0.15) is 0 Å². The lowest BCUT2D eigenvalue weighted by Crippen LogP contribution is -1.99. The Morgan fingerprint density at radius 2 is 1.95 bits per heavy atom. The molecule has 3 aromatic rings. The highest BCUT2D eigenvalue weighted by Crippen LogP contribution is 2.33. The number of carboxylic acid groups (broad SMARTS) is 1. The molecule has 4 rings (SSSR count). The van der Waals surface area contributed by atoms with E-state index >= 15 is 0 Å². The van der Waals surface area contributed by atoms with Crippen LogP contribution in [0.1, 0.15) is 15.9 Å². The van der Waals surface area contributed by atoms with Crippen LogP contribution < -0.4 is 0 Å². The second-order valence-electron chi connectivity index (χ2n) is 5.21. The summed E-state index contributed by atoms with van der Waals surface area (Å²) in [4.78, 5) is 11.2. The second-order valence-corrected chi connectivity index (χ2v) is 5.21. The molecule has 2 heterocycles. The van der Waals surface area contributed by atoms with Gasteiger partial charge in [0, 0.05) is 28.7 Å². The number of hydrogen-bond acceptors (Lipinski definition) is 1. The maximum atomic E-state index is 11.2. The molecule has 3 heteroatoms. The van der Waals surface area contributed by atoms with Crippen molar-refractivity contribution >= 4 is 22.9 Å². The van der Waals surface area contributed by atoms with Gasteiger partial charge in [-0.15, -0.1) is 0 Å². The third kappa shape index (κ3) is 1.78. The van der Waals surface area contributed by atoms with Crippen LogP contribution in [0, 0.1) is 0 Å². The molecule has 0 saturated carbocycles. The summed E-state index contributed by atoms with van der Waals surface area (Å²) in [5.74, 6) is -0.892. The van der Waals surface area contributed by atoms with Crippen LogP contribution in [-0.4, -0.2) is 15.6 Å². The van der Waals surface area contributed by atoms with E-state index in [1.165, 1.54) is 11.1 Å². The number of fused-ring (bicyclic) bond motifs is 5. The molecule has 3 nitrogen and oxygen atoms in total. The van der Waals surface area contributed by atoms with E-state index in [-0.39, 0.29) is 0 Å². The maximum Gasteiger partial charge on any atom is 0.335 e. The van der Waals surface area contributed by atoms with E-state index in [2.05, 4.69) is 34.9 Å². The first kappa shape index (κ1) is 12.0. The number of hydrogen-bond donors (Lipinski definition) is 1. The van der Waals surface area contributed by atoms with E-state index in [9.17, 15) is 9.90 Å². The summed E-state index contributed by atoms with van der Waals surface area (Å²) in [5, 5.41) is 10.2. The molecule has 21 heavy (non-hydrogen) atoms. The monoisotopic (exact) mass is 275 g/mol. The molecule has 0 saturated heterocycles. The van der Waals surface area contributed by atoms with Gasteiger partial charge in [-0.05, 0) is 23.8 Å². The number of nitrogens with zero attached hydrogens (tertiary/aromatic N) is 1. The molecule has 1 N–H and O–H groups in total. The van der Waals surface area contributed by atoms with Gasteiger partial charge < -0.3 is 9.67 Å². The summed E-state index contributed by atoms with van der Waals surface area (Å²) >= 11 is 0. The average Bonchev–Trinajstić information content (AvgIpc) is 2.75. The summed E-state index contributed by atoms with van der Waals surface area (Å²) in [5.41, 5.74) is 4.79. The minimum atomic E-state index is -0.892. The van der Waals surface area contributed by atoms with Crippen LogP contribution in [0.25, 0.3) is 28.2 Å². The lowest BCUT2D eigenvalue weighted by molar-refractivity contribution is 0.0697. The molecule has 0 bridgehead atoms. The Hall–Kier alpha value is -2.81. The van der Waals surface area contributed by atoms with Gasteiger partial charge in [-0.25, -0.2) is 4.79 Å². The number of carbonyl (C=O) groups is 1. The number of aromatic nitrogens is 1. The molecule has 0 aliphatic carbocycles. The first-order chi connectivity index (χ1) is 10.2. The van der Waals surface area contributed by atoms with Gasteiger partial charge in [0.15, 0.2) is 0 Å². The number of carboxylic acids is 1. The van der Waals surface area contributed by atoms with Gasteiger partial charge in [0.2, 0.25) is 0 Å². The predicted octanol–water partition coefficient (Wildman–Crippen LogP) is 4.03. The molecule has 0 spiro atoms. The van der Waals surface area contributed by atoms with Crippen LogP contribution in [-0.2, 0) is 6.54 Å². The number of aromatic carboxylic acids is 1. The van der Waals surface area contributed by atoms with Crippen LogP contribution in [0.3, 0.4) is 0 Å². The SMILES string of the molecule is O=C(O)c1ccc2cc3n(c2c1)CC=Cc1ccccc1-3. The predicted molar refractivity (Wildman–Crippen MR) is 83.4 cm³/mol. The molecule has 1 aromatic heterocycles. The Morgan fingerprint density at radius 1 is 1.10 bits per heavy atom. The van der Waals surface area contributed by atoms with Crippen molar-refractivity contribution in [2.24, 2.45) is 0 Å². The Morgan fingerprint density at radius 3 is 2.81 bits per heavy atom. The summed E-state index contributed by atoms with van der Waals surface area (Å²) in [6.45, 7) is 0.747. The number of rotatable bonds is 1. The number of benzene rings is 2. The quantitative estimate of drug-likeness (QED) is 0.728. The molecule has 0 atom stereocenters. The fourth-order valence-corrected chi connectivity index (χ4v) is 2.97. The van der Waals surface area contributed by atoms with Gasteiger partial charge in [-0.2, -0.15) is 0 Å². The van der Waals surface area contributed by atoms with E-state index in [1.54, 1.807) is 12.1 Å². The highest BCUT2D eigenvalue weighted by atomic mass is 16.4. The Bertz CT molecular complexity index is 903. The molecule has 0 radical (unpaired) electrons. The zero-order valence-electron chi connectivity index (χ0n) is 11.3. The molecule has 1 aliphatic rings. The summed E-state index contributed by atoms with van der Waals surface area (Å²) in [6.07, 6.45) is 4.23. The van der Waals surface area contributed by atoms with Gasteiger partial charge in [-0.3, -0.25) is 0 Å². The van der Waals surface area contributed by atoms with E-state index in [1.807, 2.05) is 18.2 Å². The van der Waals surface area contributed by atoms with Crippen molar-refractivity contribution in [2.75, 3.05) is 0 Å². The van der Waals surface area contributed by atoms with Crippen molar-refractivity contribution in [3.63, 3.8) is 0 Å². The minimum absolute atomic E-state index is 0.324. The van der Waals surface area contributed by atoms with Crippen molar-refractivity contribution in [3.8, 4) is 11.3 Å². The van der Waals surface area contributed by atoms with Gasteiger partial charge in [-0.1, -0.05) is 42.5 Å². The lowest BCUT2D eigenvalue weighted by atomic mass is 10.0. The first-order valence-corrected chi connectivity index (χ1v) is 6.86. The Labute approximate surface area is 121 Å². The van der Waals surface area contributed by atoms with Gasteiger partial charge >= 0.3 is 5.97 Å². The molecule has 0 amide bonds. The molecule has 0 unspecified atom stereocenters. The molecule has 1 aliphatic heterocycles. The molecular weight excluding hydrogens is 262 g/mol. The molecule has 2 aromatic carbocycles. The number of allylic oxidation sites excluding steroid dienone is 1. The fraction of sp³-hybridized carbons (Fsp3) is 0.0556. The lowest BCUT2D eigenvalue weighted by Gasteiger charge is -2.08. The van der Waals surface area contributed by atoms with E-state index in [0.29, 0.717) is 5.56 Å². The van der Waals surface area contributed by atoms with Gasteiger partial charge in [0.25, 0.3) is 0 Å². The fourth-order valence-electron chi connectivity index (χ4n) is 2.97. The van der Waals surface area contributed by atoms with E-state index in [0.717, 1.165) is 23.1 Å². The topological polar surface area (TPSA) is 42.2 Å². The molecule has 0 fully saturated rings. The van der Waals surface area contributed by atoms with Crippen LogP contribution in [0.4, 0.5) is 0 Å². The highest BCUT2D eigenvalue weighted by Gasteiger charge is 2.15. The Balaban J connectivity index is 2.05. The van der Waals surface area contributed by atoms with Crippen molar-refractivity contribution in [1.29, 1.82) is 0 Å². The Kier molecular flexibility index (Phi) is 2.48. The van der Waals surface area contributed by atoms with Crippen molar-refractivity contribution in [3.05, 3.63) is 65.7 Å². The summed E-state index contributed by atoms with van der Waals surface area (Å²) < 4.78 is 2.17. The smallest absolute Gasteiger partial charge is 0.335 e. The second kappa shape index (κ2) is 4.35. The van der Waals surface area contributed by atoms with Crippen molar-refractivity contribution < 1.29 is 9.90 Å². The van der Waals surface area contributed by atoms with Crippen LogP contribution in [0.5, 0.6) is 0 Å². The first-order valence-electron chi connectivity index (χ1n) is 6.86. The van der Waals surface area contributed by atoms with Crippen molar-refractivity contribution in [2.45, 2.75) is 6.54 Å². The minimum Gasteiger partial charge on any atom is -0.478 e. The zero-order chi connectivity index (χ0) is 14.4. The third-order valence-corrected chi connectivity index (χ3v) is 3.97. The standard InChI is InChI=1S/C18H13NO2/c20-18(21)14-8-7-13-10-17-15-6-2-1-4-12(15)5-3-9-19(17)16(13)11-14/h1-8,10-11H,9H2,(H,20,21).